The summed E-state index contributed by atoms with van der Waals surface area (Å²) in [6.07, 6.45) is 0. The maximum absolute atomic E-state index is 5.31. The lowest BCUT2D eigenvalue weighted by Gasteiger charge is -2.13. The number of hydrogen-bond donors (Lipinski definition) is 0. The molecule has 0 spiro atoms. The Morgan fingerprint density at radius 2 is 1.30 bits per heavy atom. The van der Waals surface area contributed by atoms with Crippen LogP contribution in [-0.2, 0) is 6.54 Å². The number of aromatic nitrogens is 2. The molecule has 2 nitrogen and oxygen atoms in total. The van der Waals surface area contributed by atoms with Crippen molar-refractivity contribution in [1.29, 1.82) is 0 Å². The highest BCUT2D eigenvalue weighted by Crippen LogP contribution is 2.37. The predicted octanol–water partition coefficient (Wildman–Crippen LogP) is 7.88. The largest absolute Gasteiger partial charge is 0.335 e. The zero-order chi connectivity index (χ0) is 22.2. The highest BCUT2D eigenvalue weighted by Gasteiger charge is 2.17. The van der Waals surface area contributed by atoms with Crippen molar-refractivity contribution in [2.24, 2.45) is 0 Å². The Bertz CT molecular complexity index is 1560. The maximum Gasteiger partial charge on any atom is 0.0967 e. The van der Waals surface area contributed by atoms with Gasteiger partial charge in [-0.05, 0) is 30.2 Å². The zero-order valence-electron chi connectivity index (χ0n) is 18.6. The summed E-state index contributed by atoms with van der Waals surface area (Å²) in [5.41, 5.74) is 10.5. The molecule has 33 heavy (non-hydrogen) atoms. The number of pyridine rings is 1. The van der Waals surface area contributed by atoms with Gasteiger partial charge in [0.05, 0.1) is 22.2 Å². The number of fused-ring (bicyclic) bond motifs is 3. The summed E-state index contributed by atoms with van der Waals surface area (Å²) >= 11 is 0. The lowest BCUT2D eigenvalue weighted by atomic mass is 9.98. The third kappa shape index (κ3) is 3.50. The molecule has 6 aromatic rings. The van der Waals surface area contributed by atoms with E-state index in [1.54, 1.807) is 0 Å². The van der Waals surface area contributed by atoms with Crippen LogP contribution in [0.5, 0.6) is 0 Å². The van der Waals surface area contributed by atoms with Gasteiger partial charge in [-0.2, -0.15) is 0 Å². The van der Waals surface area contributed by atoms with E-state index >= 15 is 0 Å². The molecule has 0 aliphatic rings. The van der Waals surface area contributed by atoms with Crippen molar-refractivity contribution in [2.75, 3.05) is 0 Å². The molecule has 0 aliphatic carbocycles. The molecule has 0 N–H and O–H groups in total. The van der Waals surface area contributed by atoms with E-state index in [2.05, 4.69) is 127 Å². The van der Waals surface area contributed by atoms with E-state index < -0.39 is 0 Å². The van der Waals surface area contributed by atoms with Crippen LogP contribution in [0.1, 0.15) is 11.1 Å². The van der Waals surface area contributed by atoms with Crippen LogP contribution in [0.15, 0.2) is 115 Å². The summed E-state index contributed by atoms with van der Waals surface area (Å²) in [5.74, 6) is 0. The van der Waals surface area contributed by atoms with Crippen LogP contribution in [0.3, 0.4) is 0 Å². The van der Waals surface area contributed by atoms with Gasteiger partial charge >= 0.3 is 0 Å². The molecule has 6 rings (SSSR count). The SMILES string of the molecule is Cc1ccc(-c2cc3c(nc2-c2ccccc2)c2ccccc2n3Cc2ccccc2)cc1. The second-order valence-corrected chi connectivity index (χ2v) is 8.57. The number of para-hydroxylation sites is 1. The van der Waals surface area contributed by atoms with E-state index in [0.29, 0.717) is 0 Å². The van der Waals surface area contributed by atoms with Gasteiger partial charge in [-0.3, -0.25) is 0 Å². The first kappa shape index (κ1) is 19.5. The van der Waals surface area contributed by atoms with Crippen LogP contribution >= 0.6 is 0 Å². The van der Waals surface area contributed by atoms with E-state index in [1.165, 1.54) is 27.6 Å². The second kappa shape index (κ2) is 8.07. The molecular formula is C31H24N2. The maximum atomic E-state index is 5.31. The van der Waals surface area contributed by atoms with Gasteiger partial charge in [0.25, 0.3) is 0 Å². The molecule has 158 valence electrons. The molecule has 2 aromatic heterocycles. The molecule has 0 amide bonds. The van der Waals surface area contributed by atoms with Gasteiger partial charge in [0.1, 0.15) is 0 Å². The average Bonchev–Trinajstić information content (AvgIpc) is 3.18. The summed E-state index contributed by atoms with van der Waals surface area (Å²) in [5, 5.41) is 1.19. The first-order valence-corrected chi connectivity index (χ1v) is 11.4. The van der Waals surface area contributed by atoms with Crippen LogP contribution in [-0.4, -0.2) is 9.55 Å². The number of nitrogens with zero attached hydrogens (tertiary/aromatic N) is 2. The highest BCUT2D eigenvalue weighted by molar-refractivity contribution is 6.08. The van der Waals surface area contributed by atoms with Crippen molar-refractivity contribution in [3.63, 3.8) is 0 Å². The molecule has 0 unspecified atom stereocenters. The van der Waals surface area contributed by atoms with Gasteiger partial charge in [-0.1, -0.05) is 109 Å². The number of benzene rings is 4. The summed E-state index contributed by atoms with van der Waals surface area (Å²) in [6.45, 7) is 2.94. The molecule has 0 aliphatic heterocycles. The van der Waals surface area contributed by atoms with Crippen LogP contribution in [0.25, 0.3) is 44.3 Å². The molecule has 0 atom stereocenters. The van der Waals surface area contributed by atoms with Crippen LogP contribution in [0, 0.1) is 6.92 Å². The second-order valence-electron chi connectivity index (χ2n) is 8.57. The van der Waals surface area contributed by atoms with Crippen molar-refractivity contribution in [3.8, 4) is 22.4 Å². The predicted molar refractivity (Wildman–Crippen MR) is 138 cm³/mol. The van der Waals surface area contributed by atoms with Crippen molar-refractivity contribution in [3.05, 3.63) is 126 Å². The summed E-state index contributed by atoms with van der Waals surface area (Å²) in [7, 11) is 0. The third-order valence-electron chi connectivity index (χ3n) is 6.34. The Hall–Kier alpha value is -4.17. The van der Waals surface area contributed by atoms with Gasteiger partial charge in [0, 0.05) is 23.1 Å². The van der Waals surface area contributed by atoms with E-state index in [4.69, 9.17) is 4.98 Å². The molecule has 0 saturated heterocycles. The molecule has 0 bridgehead atoms. The van der Waals surface area contributed by atoms with E-state index in [0.717, 1.165) is 34.4 Å². The van der Waals surface area contributed by atoms with E-state index in [-0.39, 0.29) is 0 Å². The molecule has 0 radical (unpaired) electrons. The first-order chi connectivity index (χ1) is 16.3. The summed E-state index contributed by atoms with van der Waals surface area (Å²) in [4.78, 5) is 5.31. The summed E-state index contributed by atoms with van der Waals surface area (Å²) in [6, 6.07) is 40.9. The van der Waals surface area contributed by atoms with Gasteiger partial charge in [0.2, 0.25) is 0 Å². The van der Waals surface area contributed by atoms with Crippen LogP contribution in [0.4, 0.5) is 0 Å². The molecule has 2 heterocycles. The molecule has 2 heteroatoms. The number of aryl methyl sites for hydroxylation is 1. The minimum Gasteiger partial charge on any atom is -0.335 e. The van der Waals surface area contributed by atoms with Gasteiger partial charge in [-0.15, -0.1) is 0 Å². The standard InChI is InChI=1S/C31H24N2/c1-22-16-18-24(19-17-22)27-20-29-31(32-30(27)25-12-6-3-7-13-25)26-14-8-9-15-28(26)33(29)21-23-10-4-2-5-11-23/h2-20H,21H2,1H3. The van der Waals surface area contributed by atoms with Gasteiger partial charge < -0.3 is 4.57 Å². The number of hydrogen-bond acceptors (Lipinski definition) is 1. The zero-order valence-corrected chi connectivity index (χ0v) is 18.6. The molecule has 0 fully saturated rings. The van der Waals surface area contributed by atoms with Gasteiger partial charge in [-0.25, -0.2) is 4.98 Å². The molecular weight excluding hydrogens is 400 g/mol. The Kier molecular flexibility index (Phi) is 4.77. The lowest BCUT2D eigenvalue weighted by Crippen LogP contribution is -2.00. The third-order valence-corrected chi connectivity index (χ3v) is 6.34. The fraction of sp³-hybridized carbons (Fsp3) is 0.0645. The van der Waals surface area contributed by atoms with E-state index in [9.17, 15) is 0 Å². The van der Waals surface area contributed by atoms with Crippen molar-refractivity contribution in [2.45, 2.75) is 13.5 Å². The fourth-order valence-electron chi connectivity index (χ4n) is 4.65. The van der Waals surface area contributed by atoms with Crippen molar-refractivity contribution >= 4 is 21.9 Å². The highest BCUT2D eigenvalue weighted by atomic mass is 15.0. The molecule has 4 aromatic carbocycles. The Balaban J connectivity index is 1.68. The first-order valence-electron chi connectivity index (χ1n) is 11.4. The average molecular weight is 425 g/mol. The topological polar surface area (TPSA) is 17.8 Å². The quantitative estimate of drug-likeness (QED) is 0.281. The normalized spacial score (nSPS) is 11.3. The van der Waals surface area contributed by atoms with Crippen molar-refractivity contribution < 1.29 is 0 Å². The van der Waals surface area contributed by atoms with Crippen LogP contribution < -0.4 is 0 Å². The summed E-state index contributed by atoms with van der Waals surface area (Å²) < 4.78 is 2.40. The Morgan fingerprint density at radius 1 is 0.636 bits per heavy atom. The van der Waals surface area contributed by atoms with E-state index in [1.807, 2.05) is 0 Å². The molecule has 0 saturated carbocycles. The van der Waals surface area contributed by atoms with Crippen molar-refractivity contribution in [1.82, 2.24) is 9.55 Å². The Labute approximate surface area is 193 Å². The minimum absolute atomic E-state index is 0.810. The Morgan fingerprint density at radius 3 is 2.06 bits per heavy atom. The van der Waals surface area contributed by atoms with Gasteiger partial charge in [0.15, 0.2) is 0 Å². The minimum atomic E-state index is 0.810. The number of rotatable bonds is 4. The smallest absolute Gasteiger partial charge is 0.0967 e. The van der Waals surface area contributed by atoms with Crippen LogP contribution in [0.2, 0.25) is 0 Å². The lowest BCUT2D eigenvalue weighted by molar-refractivity contribution is 0.868. The fourth-order valence-corrected chi connectivity index (χ4v) is 4.65. The monoisotopic (exact) mass is 424 g/mol.